The Morgan fingerprint density at radius 2 is 2.50 bits per heavy atom. The van der Waals surface area contributed by atoms with Gasteiger partial charge in [-0.05, 0) is 13.8 Å². The van der Waals surface area contributed by atoms with Gasteiger partial charge in [-0.15, -0.1) is 0 Å². The Bertz CT molecular complexity index is 133. The molecule has 0 saturated carbocycles. The molecular weight excluding hydrogens is 98.1 g/mol. The Hall–Kier alpha value is -0.590. The molecule has 1 aliphatic rings. The fourth-order valence-electron chi connectivity index (χ4n) is 0.707. The fourth-order valence-corrected chi connectivity index (χ4v) is 0.707. The third kappa shape index (κ3) is 0.808. The molecule has 0 amide bonds. The summed E-state index contributed by atoms with van der Waals surface area (Å²) in [4.78, 5) is 4.15. The van der Waals surface area contributed by atoms with E-state index in [1.165, 1.54) is 5.57 Å². The van der Waals surface area contributed by atoms with E-state index in [1.54, 1.807) is 0 Å². The van der Waals surface area contributed by atoms with Crippen LogP contribution < -0.4 is 0 Å². The fraction of sp³-hybridized carbons (Fsp3) is 0.571. The lowest BCUT2D eigenvalue weighted by Crippen LogP contribution is -2.15. The smallest absolute Gasteiger partial charge is 0.0751 e. The number of allylic oxidation sites excluding steroid dienone is 1. The molecule has 1 heterocycles. The van der Waals surface area contributed by atoms with Crippen molar-refractivity contribution < 1.29 is 0 Å². The minimum absolute atomic E-state index is 0.528. The Morgan fingerprint density at radius 1 is 1.88 bits per heavy atom. The van der Waals surface area contributed by atoms with Crippen LogP contribution in [-0.2, 0) is 0 Å². The molecule has 0 bridgehead atoms. The van der Waals surface area contributed by atoms with Crippen molar-refractivity contribution in [2.24, 2.45) is 4.99 Å². The van der Waals surface area contributed by atoms with Crippen LogP contribution in [0.15, 0.2) is 16.6 Å². The minimum atomic E-state index is 0.528. The number of nitrogens with zero attached hydrogens (tertiary/aromatic N) is 1. The summed E-state index contributed by atoms with van der Waals surface area (Å²) in [5.74, 6) is 0. The maximum absolute atomic E-state index is 4.15. The van der Waals surface area contributed by atoms with Crippen LogP contribution in [0.4, 0.5) is 0 Å². The quantitative estimate of drug-likeness (QED) is 0.455. The van der Waals surface area contributed by atoms with Gasteiger partial charge in [0.1, 0.15) is 0 Å². The van der Waals surface area contributed by atoms with Gasteiger partial charge in [0.15, 0.2) is 0 Å². The van der Waals surface area contributed by atoms with Gasteiger partial charge >= 0.3 is 0 Å². The van der Waals surface area contributed by atoms with Gasteiger partial charge in [-0.1, -0.05) is 11.6 Å². The normalized spacial score (nSPS) is 27.8. The summed E-state index contributed by atoms with van der Waals surface area (Å²) in [5.41, 5.74) is 1.40. The summed E-state index contributed by atoms with van der Waals surface area (Å²) in [7, 11) is 0. The second kappa shape index (κ2) is 2.12. The van der Waals surface area contributed by atoms with E-state index in [-0.39, 0.29) is 0 Å². The predicted octanol–water partition coefficient (Wildman–Crippen LogP) is 1.80. The molecule has 0 aromatic rings. The van der Waals surface area contributed by atoms with Gasteiger partial charge in [0, 0.05) is 12.6 Å². The van der Waals surface area contributed by atoms with Gasteiger partial charge < -0.3 is 0 Å². The zero-order valence-corrected chi connectivity index (χ0v) is 5.39. The molecule has 1 heteroatoms. The molecule has 0 fully saturated rings. The lowest BCUT2D eigenvalue weighted by Gasteiger charge is -2.16. The molecule has 1 unspecified atom stereocenters. The zero-order valence-electron chi connectivity index (χ0n) is 5.39. The maximum atomic E-state index is 4.15. The topological polar surface area (TPSA) is 12.4 Å². The largest absolute Gasteiger partial charge is 0.289 e. The van der Waals surface area contributed by atoms with Gasteiger partial charge in [0.2, 0.25) is 0 Å². The van der Waals surface area contributed by atoms with Crippen molar-refractivity contribution in [1.82, 2.24) is 0 Å². The van der Waals surface area contributed by atoms with Gasteiger partial charge in [0.25, 0.3) is 0 Å². The second-order valence-corrected chi connectivity index (χ2v) is 2.12. The molecule has 1 aliphatic heterocycles. The Labute approximate surface area is 50.1 Å². The standard InChI is InChI=1S/C7H11N/c1-3-6(2)7-4-5-8-7/h3,5,7H,4H2,1-2H3/b6-3-. The molecule has 0 saturated heterocycles. The van der Waals surface area contributed by atoms with E-state index in [0.29, 0.717) is 6.04 Å². The summed E-state index contributed by atoms with van der Waals surface area (Å²) in [6, 6.07) is 0.528. The minimum Gasteiger partial charge on any atom is -0.289 e. The first-order valence-electron chi connectivity index (χ1n) is 2.99. The highest BCUT2D eigenvalue weighted by molar-refractivity contribution is 5.66. The highest BCUT2D eigenvalue weighted by atomic mass is 14.8. The Kier molecular flexibility index (Phi) is 1.47. The van der Waals surface area contributed by atoms with Crippen LogP contribution in [0.3, 0.4) is 0 Å². The molecule has 0 aromatic carbocycles. The molecule has 0 radical (unpaired) electrons. The molecule has 0 aliphatic carbocycles. The van der Waals surface area contributed by atoms with Crippen LogP contribution in [-0.4, -0.2) is 12.3 Å². The van der Waals surface area contributed by atoms with Crippen molar-refractivity contribution in [2.45, 2.75) is 26.3 Å². The summed E-state index contributed by atoms with van der Waals surface area (Å²) in [5, 5.41) is 0. The van der Waals surface area contributed by atoms with Crippen molar-refractivity contribution in [3.8, 4) is 0 Å². The number of hydrogen-bond donors (Lipinski definition) is 0. The summed E-state index contributed by atoms with van der Waals surface area (Å²) in [6.07, 6.45) is 5.25. The third-order valence-corrected chi connectivity index (χ3v) is 1.59. The second-order valence-electron chi connectivity index (χ2n) is 2.12. The van der Waals surface area contributed by atoms with E-state index in [1.807, 2.05) is 6.21 Å². The lowest BCUT2D eigenvalue weighted by molar-refractivity contribution is 0.757. The highest BCUT2D eigenvalue weighted by Gasteiger charge is 2.11. The molecule has 0 spiro atoms. The van der Waals surface area contributed by atoms with E-state index in [0.717, 1.165) is 6.42 Å². The van der Waals surface area contributed by atoms with Crippen LogP contribution in [0.25, 0.3) is 0 Å². The first-order valence-corrected chi connectivity index (χ1v) is 2.99. The lowest BCUT2D eigenvalue weighted by atomic mass is 10.0. The van der Waals surface area contributed by atoms with Crippen molar-refractivity contribution in [2.75, 3.05) is 0 Å². The molecular formula is C7H11N. The first kappa shape index (κ1) is 5.54. The molecule has 8 heavy (non-hydrogen) atoms. The van der Waals surface area contributed by atoms with Crippen molar-refractivity contribution >= 4 is 6.21 Å². The van der Waals surface area contributed by atoms with Crippen LogP contribution in [0.2, 0.25) is 0 Å². The zero-order chi connectivity index (χ0) is 5.98. The average molecular weight is 109 g/mol. The average Bonchev–Trinajstić information content (AvgIpc) is 1.62. The van der Waals surface area contributed by atoms with Crippen molar-refractivity contribution in [3.05, 3.63) is 11.6 Å². The van der Waals surface area contributed by atoms with Gasteiger partial charge in [-0.25, -0.2) is 0 Å². The summed E-state index contributed by atoms with van der Waals surface area (Å²) in [6.45, 7) is 4.18. The summed E-state index contributed by atoms with van der Waals surface area (Å²) < 4.78 is 0. The van der Waals surface area contributed by atoms with Crippen LogP contribution in [0, 0.1) is 0 Å². The van der Waals surface area contributed by atoms with Crippen LogP contribution >= 0.6 is 0 Å². The molecule has 1 rings (SSSR count). The molecule has 1 atom stereocenters. The highest BCUT2D eigenvalue weighted by Crippen LogP contribution is 2.14. The van der Waals surface area contributed by atoms with E-state index in [9.17, 15) is 0 Å². The van der Waals surface area contributed by atoms with E-state index in [4.69, 9.17) is 0 Å². The Morgan fingerprint density at radius 3 is 2.62 bits per heavy atom. The van der Waals surface area contributed by atoms with Crippen LogP contribution in [0.1, 0.15) is 20.3 Å². The maximum Gasteiger partial charge on any atom is 0.0751 e. The van der Waals surface area contributed by atoms with Crippen LogP contribution in [0.5, 0.6) is 0 Å². The molecule has 44 valence electrons. The molecule has 0 aromatic heterocycles. The predicted molar refractivity (Wildman–Crippen MR) is 36.3 cm³/mol. The molecule has 1 nitrogen and oxygen atoms in total. The number of hydrogen-bond acceptors (Lipinski definition) is 1. The van der Waals surface area contributed by atoms with Gasteiger partial charge in [-0.3, -0.25) is 4.99 Å². The molecule has 0 N–H and O–H groups in total. The van der Waals surface area contributed by atoms with E-state index < -0.39 is 0 Å². The first-order chi connectivity index (χ1) is 3.84. The number of rotatable bonds is 1. The monoisotopic (exact) mass is 109 g/mol. The van der Waals surface area contributed by atoms with E-state index >= 15 is 0 Å². The van der Waals surface area contributed by atoms with Crippen molar-refractivity contribution in [1.29, 1.82) is 0 Å². The summed E-state index contributed by atoms with van der Waals surface area (Å²) >= 11 is 0. The Balaban J connectivity index is 2.48. The van der Waals surface area contributed by atoms with E-state index in [2.05, 4.69) is 24.9 Å². The third-order valence-electron chi connectivity index (χ3n) is 1.59. The van der Waals surface area contributed by atoms with Gasteiger partial charge in [0.05, 0.1) is 6.04 Å². The van der Waals surface area contributed by atoms with Gasteiger partial charge in [-0.2, -0.15) is 0 Å². The number of aliphatic imine (C=N–C) groups is 1. The van der Waals surface area contributed by atoms with Crippen molar-refractivity contribution in [3.63, 3.8) is 0 Å². The SMILES string of the molecule is C/C=C(/C)C1CC=N1.